The Hall–Kier alpha value is -1.59. The normalized spacial score (nSPS) is 29.5. The van der Waals surface area contributed by atoms with Crippen molar-refractivity contribution < 1.29 is 19.1 Å². The summed E-state index contributed by atoms with van der Waals surface area (Å²) in [5.41, 5.74) is 0. The van der Waals surface area contributed by atoms with Crippen molar-refractivity contribution in [2.24, 2.45) is 17.8 Å². The first-order chi connectivity index (χ1) is 11.1. The average Bonchev–Trinajstić information content (AvgIpc) is 3.22. The van der Waals surface area contributed by atoms with Gasteiger partial charge in [0.05, 0.1) is 0 Å². The Morgan fingerprint density at radius 2 is 1.78 bits per heavy atom. The number of fused-ring (bicyclic) bond motifs is 2. The molecular weight excluding hydrogens is 296 g/mol. The van der Waals surface area contributed by atoms with Crippen LogP contribution in [-0.2, 0) is 14.3 Å². The molecule has 2 bridgehead atoms. The molecule has 23 heavy (non-hydrogen) atoms. The number of ether oxygens (including phenoxy) is 1. The summed E-state index contributed by atoms with van der Waals surface area (Å²) >= 11 is 0. The molecule has 6 heteroatoms. The van der Waals surface area contributed by atoms with Gasteiger partial charge in [-0.1, -0.05) is 19.3 Å². The topological polar surface area (TPSA) is 84.5 Å². The van der Waals surface area contributed by atoms with Crippen LogP contribution in [-0.4, -0.2) is 30.6 Å². The summed E-state index contributed by atoms with van der Waals surface area (Å²) in [6, 6.07) is -0.339. The average molecular weight is 322 g/mol. The first-order valence-corrected chi connectivity index (χ1v) is 8.86. The third-order valence-corrected chi connectivity index (χ3v) is 5.62. The second-order valence-electron chi connectivity index (χ2n) is 7.30. The van der Waals surface area contributed by atoms with E-state index in [0.717, 1.165) is 38.0 Å². The minimum Gasteiger partial charge on any atom is -0.456 e. The first kappa shape index (κ1) is 16.3. The number of carbonyl (C=O) groups excluding carboxylic acids is 3. The Morgan fingerprint density at radius 1 is 1.00 bits per heavy atom. The molecule has 0 heterocycles. The van der Waals surface area contributed by atoms with E-state index in [1.54, 1.807) is 0 Å². The van der Waals surface area contributed by atoms with Gasteiger partial charge < -0.3 is 10.1 Å². The van der Waals surface area contributed by atoms with Gasteiger partial charge in [-0.05, 0) is 49.9 Å². The van der Waals surface area contributed by atoms with E-state index < -0.39 is 11.9 Å². The van der Waals surface area contributed by atoms with Gasteiger partial charge in [-0.25, -0.2) is 4.79 Å². The molecule has 3 atom stereocenters. The lowest BCUT2D eigenvalue weighted by molar-refractivity contribution is -0.149. The van der Waals surface area contributed by atoms with Gasteiger partial charge in [-0.3, -0.25) is 14.9 Å². The highest BCUT2D eigenvalue weighted by atomic mass is 16.5. The van der Waals surface area contributed by atoms with E-state index in [4.69, 9.17) is 4.74 Å². The predicted molar refractivity (Wildman–Crippen MR) is 83.4 cm³/mol. The summed E-state index contributed by atoms with van der Waals surface area (Å²) in [5.74, 6) is 0.990. The van der Waals surface area contributed by atoms with Gasteiger partial charge in [-0.2, -0.15) is 0 Å². The van der Waals surface area contributed by atoms with Crippen molar-refractivity contribution in [1.29, 1.82) is 0 Å². The third kappa shape index (κ3) is 4.45. The second-order valence-corrected chi connectivity index (χ2v) is 7.30. The van der Waals surface area contributed by atoms with E-state index in [-0.39, 0.29) is 18.6 Å². The van der Waals surface area contributed by atoms with E-state index in [1.807, 2.05) is 0 Å². The van der Waals surface area contributed by atoms with E-state index in [2.05, 4.69) is 10.6 Å². The highest BCUT2D eigenvalue weighted by Gasteiger charge is 2.40. The third-order valence-electron chi connectivity index (χ3n) is 5.62. The van der Waals surface area contributed by atoms with E-state index in [9.17, 15) is 14.4 Å². The molecule has 3 aliphatic carbocycles. The van der Waals surface area contributed by atoms with E-state index in [1.165, 1.54) is 19.3 Å². The van der Waals surface area contributed by atoms with Crippen LogP contribution in [0.2, 0.25) is 0 Å². The van der Waals surface area contributed by atoms with Crippen molar-refractivity contribution in [2.45, 2.75) is 63.8 Å². The Labute approximate surface area is 136 Å². The minimum absolute atomic E-state index is 0.156. The van der Waals surface area contributed by atoms with Crippen LogP contribution in [0.1, 0.15) is 57.8 Å². The molecule has 0 radical (unpaired) electrons. The van der Waals surface area contributed by atoms with Crippen LogP contribution in [0.3, 0.4) is 0 Å². The van der Waals surface area contributed by atoms with Gasteiger partial charge in [0.1, 0.15) is 0 Å². The maximum atomic E-state index is 11.8. The molecule has 6 nitrogen and oxygen atoms in total. The predicted octanol–water partition coefficient (Wildman–Crippen LogP) is 2.12. The fourth-order valence-electron chi connectivity index (χ4n) is 4.50. The van der Waals surface area contributed by atoms with E-state index in [0.29, 0.717) is 18.3 Å². The molecule has 0 unspecified atom stereocenters. The van der Waals surface area contributed by atoms with Gasteiger partial charge in [0.25, 0.3) is 5.91 Å². The molecule has 0 aliphatic heterocycles. The lowest BCUT2D eigenvalue weighted by Gasteiger charge is -2.20. The smallest absolute Gasteiger partial charge is 0.321 e. The van der Waals surface area contributed by atoms with Crippen LogP contribution < -0.4 is 10.6 Å². The quantitative estimate of drug-likeness (QED) is 0.759. The number of urea groups is 1. The highest BCUT2D eigenvalue weighted by Crippen LogP contribution is 2.49. The molecular formula is C17H26N2O4. The molecule has 0 aromatic heterocycles. The van der Waals surface area contributed by atoms with Gasteiger partial charge in [0.2, 0.25) is 0 Å². The largest absolute Gasteiger partial charge is 0.456 e. The number of amides is 3. The van der Waals surface area contributed by atoms with Gasteiger partial charge in [-0.15, -0.1) is 0 Å². The monoisotopic (exact) mass is 322 g/mol. The standard InChI is InChI=1S/C17H26N2O4/c20-15(19-17(22)18-14-3-1-2-4-14)10-23-16(21)9-13-8-11-5-6-12(13)7-11/h11-14H,1-10H2,(H2,18,19,20,22)/t11-,12+,13+/m0/s1. The van der Waals surface area contributed by atoms with Gasteiger partial charge in [0, 0.05) is 12.5 Å². The Morgan fingerprint density at radius 3 is 2.43 bits per heavy atom. The molecule has 0 spiro atoms. The Bertz CT molecular complexity index is 473. The number of carbonyl (C=O) groups is 3. The number of hydrogen-bond donors (Lipinski definition) is 2. The summed E-state index contributed by atoms with van der Waals surface area (Å²) in [4.78, 5) is 35.1. The van der Waals surface area contributed by atoms with E-state index >= 15 is 0 Å². The van der Waals surface area contributed by atoms with Crippen molar-refractivity contribution in [3.8, 4) is 0 Å². The lowest BCUT2D eigenvalue weighted by Crippen LogP contribution is -2.45. The fraction of sp³-hybridized carbons (Fsp3) is 0.824. The van der Waals surface area contributed by atoms with Crippen molar-refractivity contribution in [2.75, 3.05) is 6.61 Å². The van der Waals surface area contributed by atoms with Crippen molar-refractivity contribution in [3.63, 3.8) is 0 Å². The molecule has 3 amide bonds. The summed E-state index contributed by atoms with van der Waals surface area (Å²) in [7, 11) is 0. The molecule has 3 fully saturated rings. The molecule has 3 rings (SSSR count). The molecule has 0 saturated heterocycles. The number of nitrogens with one attached hydrogen (secondary N) is 2. The van der Waals surface area contributed by atoms with Crippen LogP contribution in [0.4, 0.5) is 4.79 Å². The van der Waals surface area contributed by atoms with Crippen LogP contribution in [0, 0.1) is 17.8 Å². The lowest BCUT2D eigenvalue weighted by atomic mass is 9.86. The molecule has 3 saturated carbocycles. The molecule has 128 valence electrons. The maximum Gasteiger partial charge on any atom is 0.321 e. The Kier molecular flexibility index (Phi) is 5.18. The fourth-order valence-corrected chi connectivity index (χ4v) is 4.50. The Balaban J connectivity index is 1.30. The molecule has 3 aliphatic rings. The van der Waals surface area contributed by atoms with Crippen LogP contribution in [0.15, 0.2) is 0 Å². The number of rotatable bonds is 5. The maximum absolute atomic E-state index is 11.8. The SMILES string of the molecule is O=C(COC(=O)C[C@H]1C[C@H]2CC[C@@H]1C2)NC(=O)NC1CCCC1. The molecule has 0 aromatic carbocycles. The van der Waals surface area contributed by atoms with Crippen molar-refractivity contribution >= 4 is 17.9 Å². The van der Waals surface area contributed by atoms with Crippen molar-refractivity contribution in [1.82, 2.24) is 10.6 Å². The van der Waals surface area contributed by atoms with Crippen LogP contribution >= 0.6 is 0 Å². The van der Waals surface area contributed by atoms with Crippen LogP contribution in [0.5, 0.6) is 0 Å². The molecule has 2 N–H and O–H groups in total. The molecule has 0 aromatic rings. The summed E-state index contributed by atoms with van der Waals surface area (Å²) in [5, 5.41) is 4.98. The summed E-state index contributed by atoms with van der Waals surface area (Å²) < 4.78 is 5.01. The number of hydrogen-bond acceptors (Lipinski definition) is 4. The minimum atomic E-state index is -0.568. The van der Waals surface area contributed by atoms with Crippen molar-refractivity contribution in [3.05, 3.63) is 0 Å². The second kappa shape index (κ2) is 7.32. The zero-order valence-corrected chi connectivity index (χ0v) is 13.5. The van der Waals surface area contributed by atoms with Gasteiger partial charge >= 0.3 is 12.0 Å². The van der Waals surface area contributed by atoms with Gasteiger partial charge in [0.15, 0.2) is 6.61 Å². The first-order valence-electron chi connectivity index (χ1n) is 8.86. The summed E-state index contributed by atoms with van der Waals surface area (Å²) in [6.07, 6.45) is 9.44. The number of imide groups is 1. The summed E-state index contributed by atoms with van der Waals surface area (Å²) in [6.45, 7) is -0.377. The number of esters is 1. The zero-order chi connectivity index (χ0) is 16.2. The zero-order valence-electron chi connectivity index (χ0n) is 13.5. The highest BCUT2D eigenvalue weighted by molar-refractivity contribution is 5.95. The van der Waals surface area contributed by atoms with Crippen LogP contribution in [0.25, 0.3) is 0 Å².